The number of nitrogens with one attached hydrogen (secondary N) is 1. The molecule has 1 saturated heterocycles. The van der Waals surface area contributed by atoms with Gasteiger partial charge in [0.1, 0.15) is 11.4 Å². The number of rotatable bonds is 1. The highest BCUT2D eigenvalue weighted by Crippen LogP contribution is 2.43. The van der Waals surface area contributed by atoms with Gasteiger partial charge in [0.15, 0.2) is 0 Å². The van der Waals surface area contributed by atoms with Gasteiger partial charge >= 0.3 is 0 Å². The number of nitrogens with zero attached hydrogens (tertiary/aromatic N) is 2. The second kappa shape index (κ2) is 5.52. The van der Waals surface area contributed by atoms with Gasteiger partial charge in [0, 0.05) is 35.6 Å². The fourth-order valence-electron chi connectivity index (χ4n) is 3.55. The predicted molar refractivity (Wildman–Crippen MR) is 85.1 cm³/mol. The number of piperidine rings is 1. The van der Waals surface area contributed by atoms with Crippen molar-refractivity contribution in [1.82, 2.24) is 15.3 Å². The van der Waals surface area contributed by atoms with Crippen LogP contribution >= 0.6 is 11.6 Å². The van der Waals surface area contributed by atoms with E-state index in [-0.39, 0.29) is 11.6 Å². The van der Waals surface area contributed by atoms with Crippen molar-refractivity contribution in [3.05, 3.63) is 53.1 Å². The van der Waals surface area contributed by atoms with Crippen LogP contribution in [0.25, 0.3) is 0 Å². The largest absolute Gasteiger partial charge is 0.487 e. The standard InChI is InChI=1S/C17H18ClN3O/c18-13-2-1-3-16-12(13)4-5-17(22-16)6-7-20-14(10-17)15-11-19-8-9-21-15/h1-3,8-9,11,14,20H,4-7,10H2. The van der Waals surface area contributed by atoms with E-state index in [9.17, 15) is 0 Å². The molecule has 0 amide bonds. The maximum Gasteiger partial charge on any atom is 0.124 e. The van der Waals surface area contributed by atoms with Crippen molar-refractivity contribution in [2.75, 3.05) is 6.54 Å². The molecule has 1 N–H and O–H groups in total. The first-order valence-electron chi connectivity index (χ1n) is 7.71. The Hall–Kier alpha value is -1.65. The van der Waals surface area contributed by atoms with Gasteiger partial charge in [0.05, 0.1) is 11.7 Å². The molecule has 22 heavy (non-hydrogen) atoms. The van der Waals surface area contributed by atoms with Crippen LogP contribution in [0.5, 0.6) is 5.75 Å². The molecule has 4 nitrogen and oxygen atoms in total. The van der Waals surface area contributed by atoms with Gasteiger partial charge in [0.2, 0.25) is 0 Å². The monoisotopic (exact) mass is 315 g/mol. The van der Waals surface area contributed by atoms with Gasteiger partial charge < -0.3 is 10.1 Å². The molecular weight excluding hydrogens is 298 g/mol. The summed E-state index contributed by atoms with van der Waals surface area (Å²) in [6, 6.07) is 6.12. The fourth-order valence-corrected chi connectivity index (χ4v) is 3.81. The van der Waals surface area contributed by atoms with Crippen molar-refractivity contribution in [2.24, 2.45) is 0 Å². The molecule has 1 spiro atoms. The minimum absolute atomic E-state index is 0.120. The van der Waals surface area contributed by atoms with Gasteiger partial charge in [0.25, 0.3) is 0 Å². The number of hydrogen-bond acceptors (Lipinski definition) is 4. The highest BCUT2D eigenvalue weighted by molar-refractivity contribution is 6.31. The van der Waals surface area contributed by atoms with Crippen LogP contribution < -0.4 is 10.1 Å². The highest BCUT2D eigenvalue weighted by Gasteiger charge is 2.42. The lowest BCUT2D eigenvalue weighted by atomic mass is 9.80. The smallest absolute Gasteiger partial charge is 0.124 e. The molecule has 1 fully saturated rings. The van der Waals surface area contributed by atoms with E-state index >= 15 is 0 Å². The maximum absolute atomic E-state index is 6.42. The van der Waals surface area contributed by atoms with Crippen molar-refractivity contribution in [3.63, 3.8) is 0 Å². The zero-order valence-electron chi connectivity index (χ0n) is 12.3. The second-order valence-electron chi connectivity index (χ2n) is 6.09. The number of ether oxygens (including phenoxy) is 1. The Morgan fingerprint density at radius 2 is 2.23 bits per heavy atom. The third-order valence-electron chi connectivity index (χ3n) is 4.72. The van der Waals surface area contributed by atoms with E-state index in [1.807, 2.05) is 24.4 Å². The van der Waals surface area contributed by atoms with Crippen molar-refractivity contribution < 1.29 is 4.74 Å². The van der Waals surface area contributed by atoms with E-state index in [0.29, 0.717) is 0 Å². The molecule has 2 aliphatic rings. The first-order chi connectivity index (χ1) is 10.8. The summed E-state index contributed by atoms with van der Waals surface area (Å²) in [7, 11) is 0. The molecule has 2 aliphatic heterocycles. The number of aromatic nitrogens is 2. The Kier molecular flexibility index (Phi) is 3.51. The normalized spacial score (nSPS) is 27.2. The zero-order valence-corrected chi connectivity index (χ0v) is 13.0. The SMILES string of the molecule is Clc1cccc2c1CCC1(CCNC(c3cnccn3)C1)O2. The average Bonchev–Trinajstić information content (AvgIpc) is 2.56. The summed E-state index contributed by atoms with van der Waals surface area (Å²) < 4.78 is 6.42. The van der Waals surface area contributed by atoms with Crippen LogP contribution in [0.4, 0.5) is 0 Å². The lowest BCUT2D eigenvalue weighted by Gasteiger charge is -2.44. The molecule has 1 aromatic carbocycles. The molecule has 1 aromatic heterocycles. The van der Waals surface area contributed by atoms with Crippen LogP contribution in [0.15, 0.2) is 36.8 Å². The summed E-state index contributed by atoms with van der Waals surface area (Å²) >= 11 is 6.28. The fraction of sp³-hybridized carbons (Fsp3) is 0.412. The number of halogens is 1. The van der Waals surface area contributed by atoms with Crippen LogP contribution in [-0.2, 0) is 6.42 Å². The molecule has 2 atom stereocenters. The van der Waals surface area contributed by atoms with Gasteiger partial charge in [-0.2, -0.15) is 0 Å². The summed E-state index contributed by atoms with van der Waals surface area (Å²) in [6.07, 6.45) is 9.19. The molecule has 114 valence electrons. The van der Waals surface area contributed by atoms with Crippen molar-refractivity contribution >= 4 is 11.6 Å². The average molecular weight is 316 g/mol. The van der Waals surface area contributed by atoms with Gasteiger partial charge in [-0.05, 0) is 37.9 Å². The third-order valence-corrected chi connectivity index (χ3v) is 5.07. The van der Waals surface area contributed by atoms with Gasteiger partial charge in [-0.15, -0.1) is 0 Å². The van der Waals surface area contributed by atoms with Crippen LogP contribution in [0.2, 0.25) is 5.02 Å². The Balaban J connectivity index is 1.60. The lowest BCUT2D eigenvalue weighted by Crippen LogP contribution is -2.49. The minimum Gasteiger partial charge on any atom is -0.487 e. The van der Waals surface area contributed by atoms with E-state index in [4.69, 9.17) is 16.3 Å². The molecule has 0 aliphatic carbocycles. The van der Waals surface area contributed by atoms with E-state index in [1.165, 1.54) is 0 Å². The number of fused-ring (bicyclic) bond motifs is 1. The molecule has 5 heteroatoms. The Labute approximate surface area is 134 Å². The predicted octanol–water partition coefficient (Wildman–Crippen LogP) is 3.32. The first-order valence-corrected chi connectivity index (χ1v) is 8.09. The topological polar surface area (TPSA) is 47.0 Å². The molecule has 0 saturated carbocycles. The lowest BCUT2D eigenvalue weighted by molar-refractivity contribution is 0.00162. The third kappa shape index (κ3) is 2.46. The van der Waals surface area contributed by atoms with Crippen molar-refractivity contribution in [2.45, 2.75) is 37.3 Å². The molecular formula is C17H18ClN3O. The molecule has 0 radical (unpaired) electrons. The van der Waals surface area contributed by atoms with Crippen LogP contribution in [-0.4, -0.2) is 22.1 Å². The summed E-state index contributed by atoms with van der Waals surface area (Å²) in [4.78, 5) is 8.62. The number of hydrogen-bond donors (Lipinski definition) is 1. The zero-order chi connectivity index (χ0) is 15.0. The van der Waals surface area contributed by atoms with Crippen LogP contribution in [0, 0.1) is 0 Å². The molecule has 0 bridgehead atoms. The van der Waals surface area contributed by atoms with Crippen molar-refractivity contribution in [3.8, 4) is 5.75 Å². The Morgan fingerprint density at radius 1 is 1.27 bits per heavy atom. The molecule has 4 rings (SSSR count). The molecule has 2 unspecified atom stereocenters. The first kappa shape index (κ1) is 14.0. The summed E-state index contributed by atoms with van der Waals surface area (Å²) in [5.74, 6) is 0.943. The van der Waals surface area contributed by atoms with Gasteiger partial charge in [-0.1, -0.05) is 17.7 Å². The van der Waals surface area contributed by atoms with Crippen LogP contribution in [0.3, 0.4) is 0 Å². The summed E-state index contributed by atoms with van der Waals surface area (Å²) in [5.41, 5.74) is 2.01. The van der Waals surface area contributed by atoms with Crippen molar-refractivity contribution in [1.29, 1.82) is 0 Å². The number of benzene rings is 1. The molecule has 2 aromatic rings. The molecule has 3 heterocycles. The van der Waals surface area contributed by atoms with E-state index in [0.717, 1.165) is 54.3 Å². The Morgan fingerprint density at radius 3 is 3.09 bits per heavy atom. The van der Waals surface area contributed by atoms with Gasteiger partial charge in [-0.3, -0.25) is 9.97 Å². The minimum atomic E-state index is -0.120. The summed E-state index contributed by atoms with van der Waals surface area (Å²) in [5, 5.41) is 4.35. The maximum atomic E-state index is 6.42. The van der Waals surface area contributed by atoms with E-state index in [1.54, 1.807) is 12.4 Å². The Bertz CT molecular complexity index is 679. The second-order valence-corrected chi connectivity index (χ2v) is 6.50. The quantitative estimate of drug-likeness (QED) is 0.877. The van der Waals surface area contributed by atoms with Gasteiger partial charge in [-0.25, -0.2) is 0 Å². The van der Waals surface area contributed by atoms with Crippen LogP contribution in [0.1, 0.15) is 36.6 Å². The van der Waals surface area contributed by atoms with E-state index in [2.05, 4.69) is 15.3 Å². The van der Waals surface area contributed by atoms with E-state index < -0.39 is 0 Å². The highest BCUT2D eigenvalue weighted by atomic mass is 35.5. The summed E-state index contributed by atoms with van der Waals surface area (Å²) in [6.45, 7) is 0.928.